The number of alkyl halides is 3. The molecule has 0 amide bonds. The van der Waals surface area contributed by atoms with Crippen LogP contribution < -0.4 is 14.8 Å². The summed E-state index contributed by atoms with van der Waals surface area (Å²) in [6.07, 6.45) is -4.71. The smallest absolute Gasteiger partial charge is 0.439 e. The minimum atomic E-state index is -4.71. The van der Waals surface area contributed by atoms with Gasteiger partial charge in [0.25, 0.3) is 0 Å². The molecule has 0 atom stereocenters. The highest BCUT2D eigenvalue weighted by Gasteiger charge is 2.30. The van der Waals surface area contributed by atoms with Crippen molar-refractivity contribution in [3.05, 3.63) is 36.0 Å². The second kappa shape index (κ2) is 5.86. The van der Waals surface area contributed by atoms with Crippen molar-refractivity contribution in [3.63, 3.8) is 0 Å². The Morgan fingerprint density at radius 2 is 1.67 bits per heavy atom. The Labute approximate surface area is 118 Å². The van der Waals surface area contributed by atoms with Crippen LogP contribution in [0.4, 0.5) is 19.1 Å². The molecule has 112 valence electrons. The fourth-order valence-corrected chi connectivity index (χ4v) is 1.53. The summed E-state index contributed by atoms with van der Waals surface area (Å²) in [7, 11) is 1.67. The maximum absolute atomic E-state index is 12.0. The predicted octanol–water partition coefficient (Wildman–Crippen LogP) is 3.52. The highest BCUT2D eigenvalue weighted by Crippen LogP contribution is 2.27. The number of rotatable bonds is 4. The first-order valence-corrected chi connectivity index (χ1v) is 5.93. The average molecular weight is 299 g/mol. The number of anilines is 1. The third-order valence-electron chi connectivity index (χ3n) is 2.33. The van der Waals surface area contributed by atoms with Crippen LogP contribution in [0.1, 0.15) is 5.69 Å². The maximum atomic E-state index is 12.0. The summed E-state index contributed by atoms with van der Waals surface area (Å²) in [5.41, 5.74) is 0.696. The largest absolute Gasteiger partial charge is 0.573 e. The average Bonchev–Trinajstić information content (AvgIpc) is 2.38. The van der Waals surface area contributed by atoms with E-state index in [1.165, 1.54) is 12.1 Å². The van der Waals surface area contributed by atoms with Crippen LogP contribution in [-0.4, -0.2) is 23.4 Å². The molecule has 0 aliphatic heterocycles. The molecule has 1 aromatic carbocycles. The molecule has 0 bridgehead atoms. The number of hydrogen-bond acceptors (Lipinski definition) is 5. The molecule has 1 N–H and O–H groups in total. The van der Waals surface area contributed by atoms with Gasteiger partial charge in [0.2, 0.25) is 11.8 Å². The summed E-state index contributed by atoms with van der Waals surface area (Å²) in [6, 6.07) is 6.65. The molecule has 0 aliphatic rings. The van der Waals surface area contributed by atoms with E-state index >= 15 is 0 Å². The van der Waals surface area contributed by atoms with Gasteiger partial charge in [-0.15, -0.1) is 13.2 Å². The van der Waals surface area contributed by atoms with Crippen molar-refractivity contribution >= 4 is 5.95 Å². The van der Waals surface area contributed by atoms with Gasteiger partial charge in [-0.25, -0.2) is 4.98 Å². The number of benzene rings is 1. The fourth-order valence-electron chi connectivity index (χ4n) is 1.53. The van der Waals surface area contributed by atoms with Gasteiger partial charge in [0.1, 0.15) is 11.5 Å². The molecular weight excluding hydrogens is 287 g/mol. The number of aryl methyl sites for hydroxylation is 1. The Morgan fingerprint density at radius 1 is 1.05 bits per heavy atom. The molecule has 0 fully saturated rings. The van der Waals surface area contributed by atoms with Crippen molar-refractivity contribution in [2.45, 2.75) is 13.3 Å². The molecule has 0 saturated heterocycles. The van der Waals surface area contributed by atoms with Gasteiger partial charge in [-0.3, -0.25) is 0 Å². The Kier molecular flexibility index (Phi) is 4.15. The first-order valence-electron chi connectivity index (χ1n) is 5.93. The molecule has 1 heterocycles. The van der Waals surface area contributed by atoms with E-state index in [0.29, 0.717) is 17.4 Å². The van der Waals surface area contributed by atoms with Gasteiger partial charge in [0, 0.05) is 18.8 Å². The van der Waals surface area contributed by atoms with E-state index in [9.17, 15) is 13.2 Å². The van der Waals surface area contributed by atoms with Crippen LogP contribution in [0.25, 0.3) is 0 Å². The molecule has 1 aromatic heterocycles. The van der Waals surface area contributed by atoms with E-state index < -0.39 is 6.36 Å². The minimum Gasteiger partial charge on any atom is -0.439 e. The molecule has 0 aliphatic carbocycles. The molecule has 21 heavy (non-hydrogen) atoms. The van der Waals surface area contributed by atoms with Crippen LogP contribution in [0.2, 0.25) is 0 Å². The normalized spacial score (nSPS) is 11.1. The van der Waals surface area contributed by atoms with Crippen LogP contribution in [0.15, 0.2) is 30.3 Å². The van der Waals surface area contributed by atoms with Gasteiger partial charge in [-0.05, 0) is 31.2 Å². The summed E-state index contributed by atoms with van der Waals surface area (Å²) >= 11 is 0. The number of nitrogens with one attached hydrogen (secondary N) is 1. The van der Waals surface area contributed by atoms with Crippen LogP contribution in [0, 0.1) is 6.92 Å². The monoisotopic (exact) mass is 299 g/mol. The lowest BCUT2D eigenvalue weighted by molar-refractivity contribution is -0.274. The van der Waals surface area contributed by atoms with Crippen molar-refractivity contribution < 1.29 is 22.6 Å². The molecule has 0 radical (unpaired) electrons. The van der Waals surface area contributed by atoms with E-state index in [1.54, 1.807) is 20.0 Å². The van der Waals surface area contributed by atoms with Gasteiger partial charge < -0.3 is 14.8 Å². The highest BCUT2D eigenvalue weighted by molar-refractivity contribution is 5.36. The summed E-state index contributed by atoms with van der Waals surface area (Å²) < 4.78 is 45.3. The van der Waals surface area contributed by atoms with Crippen molar-refractivity contribution in [3.8, 4) is 17.4 Å². The lowest BCUT2D eigenvalue weighted by Gasteiger charge is -2.10. The zero-order chi connectivity index (χ0) is 15.5. The van der Waals surface area contributed by atoms with Gasteiger partial charge in [-0.2, -0.15) is 4.98 Å². The van der Waals surface area contributed by atoms with Gasteiger partial charge in [0.05, 0.1) is 0 Å². The maximum Gasteiger partial charge on any atom is 0.573 e. The quantitative estimate of drug-likeness (QED) is 0.936. The van der Waals surface area contributed by atoms with Crippen LogP contribution >= 0.6 is 0 Å². The second-order valence-corrected chi connectivity index (χ2v) is 4.04. The summed E-state index contributed by atoms with van der Waals surface area (Å²) in [6.45, 7) is 1.77. The topological polar surface area (TPSA) is 56.3 Å². The number of halogens is 3. The zero-order valence-electron chi connectivity index (χ0n) is 11.2. The number of ether oxygens (including phenoxy) is 2. The number of hydrogen-bond donors (Lipinski definition) is 1. The van der Waals surface area contributed by atoms with Crippen LogP contribution in [0.3, 0.4) is 0 Å². The van der Waals surface area contributed by atoms with Crippen LogP contribution in [0.5, 0.6) is 17.4 Å². The Hall–Kier alpha value is -2.51. The van der Waals surface area contributed by atoms with Gasteiger partial charge in [-0.1, -0.05) is 0 Å². The summed E-state index contributed by atoms with van der Waals surface area (Å²) in [5.74, 6) is 0.702. The van der Waals surface area contributed by atoms with Crippen molar-refractivity contribution in [2.24, 2.45) is 0 Å². The Balaban J connectivity index is 2.11. The molecule has 0 saturated carbocycles. The Bertz CT molecular complexity index is 615. The predicted molar refractivity (Wildman–Crippen MR) is 69.5 cm³/mol. The zero-order valence-corrected chi connectivity index (χ0v) is 11.2. The fraction of sp³-hybridized carbons (Fsp3) is 0.231. The van der Waals surface area contributed by atoms with E-state index in [2.05, 4.69) is 20.0 Å². The van der Waals surface area contributed by atoms with E-state index in [4.69, 9.17) is 4.74 Å². The van der Waals surface area contributed by atoms with Crippen LogP contribution in [-0.2, 0) is 0 Å². The SMILES string of the molecule is CNc1nc(C)cc(Oc2ccc(OC(F)(F)F)cc2)n1. The van der Waals surface area contributed by atoms with Gasteiger partial charge in [0.15, 0.2) is 0 Å². The van der Waals surface area contributed by atoms with E-state index in [1.807, 2.05) is 0 Å². The number of aromatic nitrogens is 2. The summed E-state index contributed by atoms with van der Waals surface area (Å²) in [5, 5.41) is 2.78. The third kappa shape index (κ3) is 4.51. The van der Waals surface area contributed by atoms with E-state index in [0.717, 1.165) is 12.1 Å². The first-order chi connectivity index (χ1) is 9.85. The lowest BCUT2D eigenvalue weighted by atomic mass is 10.3. The van der Waals surface area contributed by atoms with Crippen molar-refractivity contribution in [1.82, 2.24) is 9.97 Å². The second-order valence-electron chi connectivity index (χ2n) is 4.04. The molecule has 8 heteroatoms. The third-order valence-corrected chi connectivity index (χ3v) is 2.33. The Morgan fingerprint density at radius 3 is 2.24 bits per heavy atom. The van der Waals surface area contributed by atoms with Gasteiger partial charge >= 0.3 is 6.36 Å². The number of nitrogens with zero attached hydrogens (tertiary/aromatic N) is 2. The molecule has 0 unspecified atom stereocenters. The first kappa shape index (κ1) is 14.9. The molecular formula is C13H12F3N3O2. The summed E-state index contributed by atoms with van der Waals surface area (Å²) in [4.78, 5) is 8.17. The standard InChI is InChI=1S/C13H12F3N3O2/c1-8-7-11(19-12(17-2)18-8)20-9-3-5-10(6-4-9)21-13(14,15)16/h3-7H,1-2H3,(H,17,18,19). The molecule has 2 aromatic rings. The lowest BCUT2D eigenvalue weighted by Crippen LogP contribution is -2.16. The highest BCUT2D eigenvalue weighted by atomic mass is 19.4. The molecule has 0 spiro atoms. The minimum absolute atomic E-state index is 0.288. The molecule has 5 nitrogen and oxygen atoms in total. The van der Waals surface area contributed by atoms with Crippen molar-refractivity contribution in [1.29, 1.82) is 0 Å². The molecule has 2 rings (SSSR count). The van der Waals surface area contributed by atoms with E-state index in [-0.39, 0.29) is 11.6 Å². The van der Waals surface area contributed by atoms with Crippen molar-refractivity contribution in [2.75, 3.05) is 12.4 Å².